The van der Waals surface area contributed by atoms with Crippen molar-refractivity contribution in [3.8, 4) is 0 Å². The van der Waals surface area contributed by atoms with Crippen LogP contribution in [0, 0.1) is 13.8 Å². The van der Waals surface area contributed by atoms with Crippen molar-refractivity contribution in [1.82, 2.24) is 20.1 Å². The largest absolute Gasteiger partial charge is 0.386 e. The summed E-state index contributed by atoms with van der Waals surface area (Å²) in [6.45, 7) is 5.47. The van der Waals surface area contributed by atoms with Crippen LogP contribution in [0.15, 0.2) is 24.4 Å². The molecule has 0 bridgehead atoms. The normalized spacial score (nSPS) is 20.2. The van der Waals surface area contributed by atoms with E-state index in [1.807, 2.05) is 32.0 Å². The zero-order valence-corrected chi connectivity index (χ0v) is 15.7. The lowest BCUT2D eigenvalue weighted by molar-refractivity contribution is -0.132. The molecular weight excluding hydrogens is 330 g/mol. The average Bonchev–Trinajstić information content (AvgIpc) is 2.94. The van der Waals surface area contributed by atoms with E-state index in [0.29, 0.717) is 25.9 Å². The molecule has 140 valence electrons. The molecular formula is C19H27N5O2. The molecule has 1 aliphatic rings. The first-order valence-electron chi connectivity index (χ1n) is 9.01. The van der Waals surface area contributed by atoms with Crippen LogP contribution in [0.5, 0.6) is 0 Å². The zero-order chi connectivity index (χ0) is 18.7. The summed E-state index contributed by atoms with van der Waals surface area (Å²) in [5.41, 5.74) is 1.78. The maximum absolute atomic E-state index is 12.6. The maximum atomic E-state index is 12.6. The Balaban J connectivity index is 1.64. The number of carbonyl (C=O) groups is 1. The molecule has 3 heterocycles. The highest BCUT2D eigenvalue weighted by Gasteiger charge is 2.36. The summed E-state index contributed by atoms with van der Waals surface area (Å²) in [4.78, 5) is 20.7. The van der Waals surface area contributed by atoms with Crippen LogP contribution in [0.4, 0.5) is 5.82 Å². The fourth-order valence-electron chi connectivity index (χ4n) is 3.63. The topological polar surface area (TPSA) is 85.3 Å². The quantitative estimate of drug-likeness (QED) is 0.846. The van der Waals surface area contributed by atoms with E-state index in [1.54, 1.807) is 18.1 Å². The number of carbonyl (C=O) groups excluding carboxylic acids is 1. The summed E-state index contributed by atoms with van der Waals surface area (Å²) in [7, 11) is 1.75. The molecule has 7 heteroatoms. The number of hydrogen-bond donors (Lipinski definition) is 2. The molecule has 0 saturated carbocycles. The monoisotopic (exact) mass is 357 g/mol. The minimum atomic E-state index is -0.930. The first kappa shape index (κ1) is 18.4. The second-order valence-corrected chi connectivity index (χ2v) is 7.28. The molecule has 0 radical (unpaired) electrons. The van der Waals surface area contributed by atoms with Gasteiger partial charge in [-0.2, -0.15) is 5.10 Å². The van der Waals surface area contributed by atoms with Gasteiger partial charge in [0.2, 0.25) is 5.91 Å². The number of amides is 1. The van der Waals surface area contributed by atoms with Gasteiger partial charge in [-0.15, -0.1) is 0 Å². The highest BCUT2D eigenvalue weighted by atomic mass is 16.3. The fraction of sp³-hybridized carbons (Fsp3) is 0.526. The Hall–Kier alpha value is -2.41. The molecule has 0 unspecified atom stereocenters. The van der Waals surface area contributed by atoms with Crippen molar-refractivity contribution in [3.05, 3.63) is 41.3 Å². The number of aromatic amines is 1. The van der Waals surface area contributed by atoms with Crippen LogP contribution in [-0.4, -0.2) is 63.4 Å². The summed E-state index contributed by atoms with van der Waals surface area (Å²) in [5, 5.41) is 18.1. The second-order valence-electron chi connectivity index (χ2n) is 7.28. The number of aliphatic hydroxyl groups is 1. The number of piperidine rings is 1. The van der Waals surface area contributed by atoms with E-state index in [1.165, 1.54) is 0 Å². The molecule has 1 amide bonds. The van der Waals surface area contributed by atoms with Gasteiger partial charge >= 0.3 is 0 Å². The number of rotatable bonds is 5. The van der Waals surface area contributed by atoms with Gasteiger partial charge in [0.05, 0.1) is 24.3 Å². The Labute approximate surface area is 154 Å². The maximum Gasteiger partial charge on any atom is 0.226 e. The van der Waals surface area contributed by atoms with Gasteiger partial charge in [-0.25, -0.2) is 4.98 Å². The number of β-amino-alcohol motifs (C(OH)–C–C–N with tert-alkyl or cyclic N) is 1. The third kappa shape index (κ3) is 4.04. The van der Waals surface area contributed by atoms with Crippen molar-refractivity contribution in [2.45, 2.75) is 38.7 Å². The van der Waals surface area contributed by atoms with E-state index >= 15 is 0 Å². The molecule has 1 saturated heterocycles. The standard InChI is InChI=1S/C19H27N5O2/c1-14-16(15(2)22-21-14)11-18(25)23(3)12-19(26)8-6-10-24(13-19)17-7-4-5-9-20-17/h4-5,7,9,26H,6,8,10-13H2,1-3H3,(H,21,22)/t19-/m0/s1. The molecule has 1 fully saturated rings. The van der Waals surface area contributed by atoms with Gasteiger partial charge in [0.1, 0.15) is 5.82 Å². The summed E-state index contributed by atoms with van der Waals surface area (Å²) < 4.78 is 0. The lowest BCUT2D eigenvalue weighted by atomic mass is 9.92. The molecule has 1 aliphatic heterocycles. The summed E-state index contributed by atoms with van der Waals surface area (Å²) in [6.07, 6.45) is 3.60. The lowest BCUT2D eigenvalue weighted by Crippen LogP contribution is -2.55. The van der Waals surface area contributed by atoms with Gasteiger partial charge in [0.15, 0.2) is 0 Å². The average molecular weight is 357 g/mol. The smallest absolute Gasteiger partial charge is 0.226 e. The molecule has 0 aromatic carbocycles. The van der Waals surface area contributed by atoms with E-state index in [0.717, 1.165) is 35.7 Å². The predicted octanol–water partition coefficient (Wildman–Crippen LogP) is 1.45. The fourth-order valence-corrected chi connectivity index (χ4v) is 3.63. The number of nitrogens with one attached hydrogen (secondary N) is 1. The van der Waals surface area contributed by atoms with Gasteiger partial charge < -0.3 is 14.9 Å². The molecule has 2 aromatic heterocycles. The van der Waals surface area contributed by atoms with Gasteiger partial charge in [0.25, 0.3) is 0 Å². The van der Waals surface area contributed by atoms with Crippen LogP contribution >= 0.6 is 0 Å². The highest BCUT2D eigenvalue weighted by Crippen LogP contribution is 2.25. The second kappa shape index (κ2) is 7.45. The van der Waals surface area contributed by atoms with Crippen molar-refractivity contribution in [2.24, 2.45) is 0 Å². The Morgan fingerprint density at radius 3 is 2.88 bits per heavy atom. The SMILES string of the molecule is Cc1n[nH]c(C)c1CC(=O)N(C)C[C@@]1(O)CCCN(c2ccccn2)C1. The minimum Gasteiger partial charge on any atom is -0.386 e. The number of likely N-dealkylation sites (N-methyl/N-ethyl adjacent to an activating group) is 1. The number of aromatic nitrogens is 3. The summed E-state index contributed by atoms with van der Waals surface area (Å²) >= 11 is 0. The van der Waals surface area contributed by atoms with Crippen molar-refractivity contribution < 1.29 is 9.90 Å². The molecule has 2 N–H and O–H groups in total. The first-order chi connectivity index (χ1) is 12.4. The van der Waals surface area contributed by atoms with Crippen LogP contribution in [0.2, 0.25) is 0 Å². The van der Waals surface area contributed by atoms with Crippen LogP contribution in [-0.2, 0) is 11.2 Å². The third-order valence-corrected chi connectivity index (χ3v) is 5.09. The Morgan fingerprint density at radius 2 is 2.23 bits per heavy atom. The predicted molar refractivity (Wildman–Crippen MR) is 100 cm³/mol. The Bertz CT molecular complexity index is 741. The van der Waals surface area contributed by atoms with Crippen molar-refractivity contribution in [3.63, 3.8) is 0 Å². The van der Waals surface area contributed by atoms with E-state index in [9.17, 15) is 9.90 Å². The number of aryl methyl sites for hydroxylation is 2. The molecule has 0 aliphatic carbocycles. The number of anilines is 1. The third-order valence-electron chi connectivity index (χ3n) is 5.09. The van der Waals surface area contributed by atoms with Gasteiger partial charge in [0, 0.05) is 37.6 Å². The number of H-pyrrole nitrogens is 1. The summed E-state index contributed by atoms with van der Waals surface area (Å²) in [6, 6.07) is 5.78. The molecule has 26 heavy (non-hydrogen) atoms. The number of pyridine rings is 1. The van der Waals surface area contributed by atoms with Crippen LogP contribution in [0.3, 0.4) is 0 Å². The number of hydrogen-bond acceptors (Lipinski definition) is 5. The van der Waals surface area contributed by atoms with Crippen LogP contribution in [0.1, 0.15) is 29.8 Å². The van der Waals surface area contributed by atoms with E-state index in [4.69, 9.17) is 0 Å². The van der Waals surface area contributed by atoms with Crippen molar-refractivity contribution >= 4 is 11.7 Å². The lowest BCUT2D eigenvalue weighted by Gasteiger charge is -2.41. The zero-order valence-electron chi connectivity index (χ0n) is 15.7. The van der Waals surface area contributed by atoms with Crippen LogP contribution < -0.4 is 4.90 Å². The van der Waals surface area contributed by atoms with Gasteiger partial charge in [-0.05, 0) is 38.8 Å². The highest BCUT2D eigenvalue weighted by molar-refractivity contribution is 5.79. The Morgan fingerprint density at radius 1 is 1.42 bits per heavy atom. The molecule has 3 rings (SSSR count). The van der Waals surface area contributed by atoms with E-state index < -0.39 is 5.60 Å². The molecule has 0 spiro atoms. The number of nitrogens with zero attached hydrogens (tertiary/aromatic N) is 4. The Kier molecular flexibility index (Phi) is 5.27. The summed E-state index contributed by atoms with van der Waals surface area (Å²) in [5.74, 6) is 0.852. The van der Waals surface area contributed by atoms with Crippen molar-refractivity contribution in [1.29, 1.82) is 0 Å². The van der Waals surface area contributed by atoms with Gasteiger partial charge in [-0.3, -0.25) is 9.89 Å². The van der Waals surface area contributed by atoms with Crippen LogP contribution in [0.25, 0.3) is 0 Å². The van der Waals surface area contributed by atoms with Crippen molar-refractivity contribution in [2.75, 3.05) is 31.6 Å². The van der Waals surface area contributed by atoms with Gasteiger partial charge in [-0.1, -0.05) is 6.07 Å². The van der Waals surface area contributed by atoms with E-state index in [-0.39, 0.29) is 5.91 Å². The molecule has 1 atom stereocenters. The molecule has 7 nitrogen and oxygen atoms in total. The minimum absolute atomic E-state index is 0.0130. The first-order valence-corrected chi connectivity index (χ1v) is 9.01. The molecule has 2 aromatic rings. The van der Waals surface area contributed by atoms with E-state index in [2.05, 4.69) is 20.1 Å².